The lowest BCUT2D eigenvalue weighted by Gasteiger charge is -2.32. The maximum Gasteiger partial charge on any atom is 0.182 e. The van der Waals surface area contributed by atoms with Gasteiger partial charge < -0.3 is 25.4 Å². The fourth-order valence-corrected chi connectivity index (χ4v) is 4.05. The average Bonchev–Trinajstić information content (AvgIpc) is 3.32. The Morgan fingerprint density at radius 1 is 1.27 bits per heavy atom. The number of nitrogens with one attached hydrogen (secondary N) is 2. The molecule has 0 spiro atoms. The van der Waals surface area contributed by atoms with E-state index in [0.29, 0.717) is 36.2 Å². The van der Waals surface area contributed by atoms with Crippen LogP contribution < -0.4 is 10.2 Å². The predicted octanol–water partition coefficient (Wildman–Crippen LogP) is 3.52. The summed E-state index contributed by atoms with van der Waals surface area (Å²) in [6, 6.07) is 7.87. The molecule has 10 heteroatoms. The van der Waals surface area contributed by atoms with Gasteiger partial charge in [-0.2, -0.15) is 0 Å². The molecule has 33 heavy (non-hydrogen) atoms. The van der Waals surface area contributed by atoms with Gasteiger partial charge in [-0.25, -0.2) is 19.9 Å². The van der Waals surface area contributed by atoms with Gasteiger partial charge in [0.15, 0.2) is 11.5 Å². The van der Waals surface area contributed by atoms with Gasteiger partial charge in [0.25, 0.3) is 0 Å². The molecule has 0 amide bonds. The zero-order valence-electron chi connectivity index (χ0n) is 18.5. The molecule has 1 aliphatic rings. The highest BCUT2D eigenvalue weighted by Gasteiger charge is 2.22. The summed E-state index contributed by atoms with van der Waals surface area (Å²) in [5, 5.41) is 23.0. The van der Waals surface area contributed by atoms with Crippen molar-refractivity contribution in [3.8, 4) is 0 Å². The molecule has 0 saturated carbocycles. The number of aromatic nitrogens is 5. The standard InChI is InChI=1S/C20H20ClN7O.C3H8O/c21-15-5-1-3-12-7-13(8-22-18-17-19(24-10-23-17)26-11-25-18)20(27-16(12)15)28-6-2-4-14(29)9-28;1-2-3-4/h1,3,5,7,10-11,14,29H,2,4,6,8-9H2,(H2,22,23,24,25,26);4H,2-3H2,1H3. The number of pyridine rings is 1. The molecule has 0 bridgehead atoms. The van der Waals surface area contributed by atoms with E-state index in [-0.39, 0.29) is 6.10 Å². The molecular weight excluding hydrogens is 442 g/mol. The number of hydrogen-bond donors (Lipinski definition) is 4. The number of anilines is 2. The Bertz CT molecular complexity index is 1210. The van der Waals surface area contributed by atoms with Gasteiger partial charge in [-0.3, -0.25) is 0 Å². The summed E-state index contributed by atoms with van der Waals surface area (Å²) in [5.74, 6) is 1.52. The molecule has 4 N–H and O–H groups in total. The fourth-order valence-electron chi connectivity index (χ4n) is 3.83. The minimum Gasteiger partial charge on any atom is -0.396 e. The van der Waals surface area contributed by atoms with E-state index in [1.807, 2.05) is 25.1 Å². The Morgan fingerprint density at radius 2 is 2.12 bits per heavy atom. The lowest BCUT2D eigenvalue weighted by Crippen LogP contribution is -2.39. The number of nitrogens with zero attached hydrogens (tertiary/aromatic N) is 5. The van der Waals surface area contributed by atoms with E-state index in [2.05, 4.69) is 36.2 Å². The normalized spacial score (nSPS) is 16.0. The summed E-state index contributed by atoms with van der Waals surface area (Å²) in [7, 11) is 0. The van der Waals surface area contributed by atoms with E-state index in [1.54, 1.807) is 6.33 Å². The van der Waals surface area contributed by atoms with Crippen LogP contribution in [0.5, 0.6) is 0 Å². The molecule has 1 aromatic carbocycles. The van der Waals surface area contributed by atoms with Crippen LogP contribution in [0.4, 0.5) is 11.6 Å². The third kappa shape index (κ3) is 5.32. The lowest BCUT2D eigenvalue weighted by molar-refractivity contribution is 0.154. The van der Waals surface area contributed by atoms with Crippen LogP contribution in [0.25, 0.3) is 22.1 Å². The zero-order valence-corrected chi connectivity index (χ0v) is 19.3. The summed E-state index contributed by atoms with van der Waals surface area (Å²) < 4.78 is 0. The lowest BCUT2D eigenvalue weighted by atomic mass is 10.1. The van der Waals surface area contributed by atoms with Crippen molar-refractivity contribution < 1.29 is 10.2 Å². The minimum absolute atomic E-state index is 0.319. The number of aliphatic hydroxyl groups is 2. The second-order valence-corrected chi connectivity index (χ2v) is 8.33. The fraction of sp³-hybridized carbons (Fsp3) is 0.391. The maximum absolute atomic E-state index is 10.2. The Kier molecular flexibility index (Phi) is 7.54. The highest BCUT2D eigenvalue weighted by molar-refractivity contribution is 6.35. The summed E-state index contributed by atoms with van der Waals surface area (Å²) in [6.07, 6.45) is 5.37. The van der Waals surface area contributed by atoms with Gasteiger partial charge >= 0.3 is 0 Å². The Hall–Kier alpha value is -3.01. The quantitative estimate of drug-likeness (QED) is 0.350. The molecular formula is C23H28ClN7O2. The van der Waals surface area contributed by atoms with Crippen molar-refractivity contribution in [2.45, 2.75) is 38.8 Å². The van der Waals surface area contributed by atoms with Crippen LogP contribution in [0.1, 0.15) is 31.7 Å². The van der Waals surface area contributed by atoms with E-state index in [0.717, 1.165) is 53.6 Å². The molecule has 5 rings (SSSR count). The molecule has 4 aromatic rings. The van der Waals surface area contributed by atoms with Crippen molar-refractivity contribution in [3.63, 3.8) is 0 Å². The Labute approximate surface area is 196 Å². The number of imidazole rings is 1. The van der Waals surface area contributed by atoms with Crippen LogP contribution in [-0.4, -0.2) is 60.9 Å². The van der Waals surface area contributed by atoms with Crippen LogP contribution in [-0.2, 0) is 6.54 Å². The Balaban J connectivity index is 0.000000601. The molecule has 0 radical (unpaired) electrons. The first-order chi connectivity index (χ1) is 16.1. The molecule has 4 heterocycles. The van der Waals surface area contributed by atoms with Gasteiger partial charge in [-0.15, -0.1) is 0 Å². The molecule has 1 saturated heterocycles. The predicted molar refractivity (Wildman–Crippen MR) is 131 cm³/mol. The summed E-state index contributed by atoms with van der Waals surface area (Å²) in [4.78, 5) is 22.8. The van der Waals surface area contributed by atoms with Crippen molar-refractivity contribution in [3.05, 3.63) is 47.5 Å². The largest absolute Gasteiger partial charge is 0.396 e. The smallest absolute Gasteiger partial charge is 0.182 e. The number of rotatable bonds is 5. The molecule has 1 unspecified atom stereocenters. The van der Waals surface area contributed by atoms with Gasteiger partial charge in [0.1, 0.15) is 17.7 Å². The highest BCUT2D eigenvalue weighted by atomic mass is 35.5. The van der Waals surface area contributed by atoms with Crippen molar-refractivity contribution >= 4 is 45.3 Å². The maximum atomic E-state index is 10.2. The van der Waals surface area contributed by atoms with Crippen LogP contribution >= 0.6 is 11.6 Å². The van der Waals surface area contributed by atoms with Crippen LogP contribution in [0.3, 0.4) is 0 Å². The molecule has 174 valence electrons. The number of fused-ring (bicyclic) bond motifs is 2. The second kappa shape index (κ2) is 10.7. The number of hydrogen-bond acceptors (Lipinski definition) is 8. The Morgan fingerprint density at radius 3 is 2.91 bits per heavy atom. The van der Waals surface area contributed by atoms with Crippen molar-refractivity contribution in [2.24, 2.45) is 0 Å². The molecule has 1 atom stereocenters. The monoisotopic (exact) mass is 469 g/mol. The molecule has 3 aromatic heterocycles. The van der Waals surface area contributed by atoms with E-state index in [9.17, 15) is 5.11 Å². The number of aromatic amines is 1. The molecule has 1 fully saturated rings. The number of H-pyrrole nitrogens is 1. The first kappa shape index (κ1) is 23.2. The number of benzene rings is 1. The van der Waals surface area contributed by atoms with E-state index in [1.165, 1.54) is 6.33 Å². The van der Waals surface area contributed by atoms with Gasteiger partial charge in [0, 0.05) is 37.2 Å². The molecule has 0 aliphatic carbocycles. The van der Waals surface area contributed by atoms with E-state index in [4.69, 9.17) is 21.7 Å². The zero-order chi connectivity index (χ0) is 23.2. The second-order valence-electron chi connectivity index (χ2n) is 7.93. The van der Waals surface area contributed by atoms with Gasteiger partial charge in [0.2, 0.25) is 0 Å². The van der Waals surface area contributed by atoms with E-state index < -0.39 is 0 Å². The molecule has 1 aliphatic heterocycles. The third-order valence-corrected chi connectivity index (χ3v) is 5.75. The van der Waals surface area contributed by atoms with Gasteiger partial charge in [-0.1, -0.05) is 30.7 Å². The summed E-state index contributed by atoms with van der Waals surface area (Å²) in [6.45, 7) is 4.18. The number of piperidine rings is 1. The first-order valence-corrected chi connectivity index (χ1v) is 11.5. The van der Waals surface area contributed by atoms with Crippen LogP contribution in [0.2, 0.25) is 5.02 Å². The van der Waals surface area contributed by atoms with Crippen molar-refractivity contribution in [2.75, 3.05) is 29.9 Å². The van der Waals surface area contributed by atoms with Gasteiger partial charge in [0.05, 0.1) is 23.0 Å². The summed E-state index contributed by atoms with van der Waals surface area (Å²) >= 11 is 6.40. The topological polar surface area (TPSA) is 123 Å². The van der Waals surface area contributed by atoms with Gasteiger partial charge in [-0.05, 0) is 31.4 Å². The minimum atomic E-state index is -0.347. The van der Waals surface area contributed by atoms with E-state index >= 15 is 0 Å². The number of halogens is 1. The third-order valence-electron chi connectivity index (χ3n) is 5.44. The average molecular weight is 470 g/mol. The number of β-amino-alcohol motifs (C(OH)–C–C–N with tert-alkyl or cyclic N) is 1. The molecule has 9 nitrogen and oxygen atoms in total. The highest BCUT2D eigenvalue weighted by Crippen LogP contribution is 2.30. The van der Waals surface area contributed by atoms with Crippen LogP contribution in [0, 0.1) is 0 Å². The number of aliphatic hydroxyl groups excluding tert-OH is 2. The number of para-hydroxylation sites is 1. The van der Waals surface area contributed by atoms with Crippen molar-refractivity contribution in [1.29, 1.82) is 0 Å². The SMILES string of the molecule is CCCO.OC1CCCN(c2nc3c(Cl)cccc3cc2CNc2ncnc3nc[nH]c23)C1. The van der Waals surface area contributed by atoms with Crippen LogP contribution in [0.15, 0.2) is 36.9 Å². The first-order valence-electron chi connectivity index (χ1n) is 11.1. The summed E-state index contributed by atoms with van der Waals surface area (Å²) in [5.41, 5.74) is 3.16. The van der Waals surface area contributed by atoms with Crippen molar-refractivity contribution in [1.82, 2.24) is 24.9 Å².